The van der Waals surface area contributed by atoms with Crippen LogP contribution in [-0.4, -0.2) is 42.1 Å². The predicted molar refractivity (Wildman–Crippen MR) is 115 cm³/mol. The number of rotatable bonds is 8. The average Bonchev–Trinajstić information content (AvgIpc) is 3.22. The molecule has 0 spiro atoms. The molecule has 1 fully saturated rings. The van der Waals surface area contributed by atoms with Crippen LogP contribution in [0.3, 0.4) is 0 Å². The summed E-state index contributed by atoms with van der Waals surface area (Å²) in [7, 11) is 0. The first-order chi connectivity index (χ1) is 13.8. The van der Waals surface area contributed by atoms with Crippen molar-refractivity contribution in [3.8, 4) is 0 Å². The van der Waals surface area contributed by atoms with E-state index in [-0.39, 0.29) is 0 Å². The number of pyridine rings is 1. The number of nitrogens with zero attached hydrogens (tertiary/aromatic N) is 2. The van der Waals surface area contributed by atoms with Crippen LogP contribution in [0.2, 0.25) is 0 Å². The number of hydrogen-bond donors (Lipinski definition) is 2. The van der Waals surface area contributed by atoms with E-state index in [0.717, 1.165) is 32.6 Å². The predicted octanol–water partition coefficient (Wildman–Crippen LogP) is 3.65. The van der Waals surface area contributed by atoms with Crippen molar-refractivity contribution >= 4 is 0 Å². The lowest BCUT2D eigenvalue weighted by Crippen LogP contribution is -2.41. The van der Waals surface area contributed by atoms with E-state index in [1.54, 1.807) is 0 Å². The van der Waals surface area contributed by atoms with Crippen molar-refractivity contribution in [2.24, 2.45) is 5.73 Å². The SMILES string of the molecule is NCCCCN(CC1CC(c2ccccc2)CN1)C1CCCc2cccnc21. The van der Waals surface area contributed by atoms with Crippen LogP contribution in [0, 0.1) is 0 Å². The maximum atomic E-state index is 5.77. The Morgan fingerprint density at radius 1 is 1.11 bits per heavy atom. The minimum atomic E-state index is 0.459. The molecule has 1 aliphatic heterocycles. The molecule has 1 aliphatic carbocycles. The third kappa shape index (κ3) is 4.62. The number of hydrogen-bond acceptors (Lipinski definition) is 4. The monoisotopic (exact) mass is 378 g/mol. The van der Waals surface area contributed by atoms with Crippen LogP contribution < -0.4 is 11.1 Å². The first-order valence-corrected chi connectivity index (χ1v) is 11.0. The second-order valence-electron chi connectivity index (χ2n) is 8.39. The molecule has 0 saturated carbocycles. The van der Waals surface area contributed by atoms with Gasteiger partial charge in [-0.2, -0.15) is 0 Å². The lowest BCUT2D eigenvalue weighted by atomic mass is 9.90. The molecule has 2 aromatic rings. The van der Waals surface area contributed by atoms with E-state index in [4.69, 9.17) is 10.7 Å². The number of fused-ring (bicyclic) bond motifs is 1. The highest BCUT2D eigenvalue weighted by Gasteiger charge is 2.31. The van der Waals surface area contributed by atoms with E-state index in [2.05, 4.69) is 52.7 Å². The van der Waals surface area contributed by atoms with Crippen LogP contribution in [0.5, 0.6) is 0 Å². The summed E-state index contributed by atoms with van der Waals surface area (Å²) in [6, 6.07) is 16.3. The second-order valence-corrected chi connectivity index (χ2v) is 8.39. The standard InChI is InChI=1S/C24H34N4/c25-13-4-5-15-28(23-12-6-10-20-11-7-14-26-24(20)23)18-22-16-21(17-27-22)19-8-2-1-3-9-19/h1-3,7-9,11,14,21-23,27H,4-6,10,12-13,15-18,25H2. The van der Waals surface area contributed by atoms with Gasteiger partial charge in [0.1, 0.15) is 0 Å². The van der Waals surface area contributed by atoms with Crippen molar-refractivity contribution in [1.82, 2.24) is 15.2 Å². The normalized spacial score (nSPS) is 24.4. The Labute approximate surface area is 169 Å². The molecule has 1 aromatic heterocycles. The maximum Gasteiger partial charge on any atom is 0.0607 e. The van der Waals surface area contributed by atoms with E-state index >= 15 is 0 Å². The van der Waals surface area contributed by atoms with Gasteiger partial charge in [-0.1, -0.05) is 36.4 Å². The molecule has 2 aliphatic rings. The highest BCUT2D eigenvalue weighted by Crippen LogP contribution is 2.34. The summed E-state index contributed by atoms with van der Waals surface area (Å²) in [6.45, 7) is 4.09. The molecular formula is C24H34N4. The van der Waals surface area contributed by atoms with Gasteiger partial charge in [-0.15, -0.1) is 0 Å². The average molecular weight is 379 g/mol. The van der Waals surface area contributed by atoms with Crippen molar-refractivity contribution in [2.75, 3.05) is 26.2 Å². The molecule has 3 unspecified atom stereocenters. The summed E-state index contributed by atoms with van der Waals surface area (Å²) in [5, 5.41) is 3.80. The molecule has 4 heteroatoms. The van der Waals surface area contributed by atoms with Gasteiger partial charge in [-0.25, -0.2) is 0 Å². The molecule has 2 heterocycles. The zero-order valence-electron chi connectivity index (χ0n) is 16.9. The van der Waals surface area contributed by atoms with Gasteiger partial charge >= 0.3 is 0 Å². The summed E-state index contributed by atoms with van der Waals surface area (Å²) in [5.41, 5.74) is 10.0. The van der Waals surface area contributed by atoms with Gasteiger partial charge in [0.15, 0.2) is 0 Å². The Bertz CT molecular complexity index is 732. The van der Waals surface area contributed by atoms with Gasteiger partial charge in [0.2, 0.25) is 0 Å². The van der Waals surface area contributed by atoms with E-state index in [9.17, 15) is 0 Å². The topological polar surface area (TPSA) is 54.2 Å². The number of nitrogens with one attached hydrogen (secondary N) is 1. The van der Waals surface area contributed by atoms with Crippen LogP contribution in [0.1, 0.15) is 60.9 Å². The van der Waals surface area contributed by atoms with Gasteiger partial charge in [-0.05, 0) is 74.7 Å². The van der Waals surface area contributed by atoms with Crippen LogP contribution in [-0.2, 0) is 6.42 Å². The van der Waals surface area contributed by atoms with Gasteiger partial charge in [-0.3, -0.25) is 9.88 Å². The third-order valence-electron chi connectivity index (χ3n) is 6.45. The maximum absolute atomic E-state index is 5.77. The molecule has 28 heavy (non-hydrogen) atoms. The highest BCUT2D eigenvalue weighted by molar-refractivity contribution is 5.26. The molecule has 4 rings (SSSR count). The molecule has 0 bridgehead atoms. The van der Waals surface area contributed by atoms with Crippen molar-refractivity contribution in [3.05, 3.63) is 65.5 Å². The van der Waals surface area contributed by atoms with E-state index < -0.39 is 0 Å². The first kappa shape index (κ1) is 19.6. The van der Waals surface area contributed by atoms with Gasteiger partial charge in [0.05, 0.1) is 11.7 Å². The molecule has 3 atom stereocenters. The van der Waals surface area contributed by atoms with E-state index in [1.165, 1.54) is 48.9 Å². The van der Waals surface area contributed by atoms with Crippen LogP contribution in [0.15, 0.2) is 48.7 Å². The van der Waals surface area contributed by atoms with Crippen LogP contribution >= 0.6 is 0 Å². The van der Waals surface area contributed by atoms with Crippen molar-refractivity contribution in [2.45, 2.75) is 56.5 Å². The lowest BCUT2D eigenvalue weighted by Gasteiger charge is -2.36. The largest absolute Gasteiger partial charge is 0.330 e. The Balaban J connectivity index is 1.45. The molecule has 4 nitrogen and oxygen atoms in total. The van der Waals surface area contributed by atoms with Gasteiger partial charge in [0.25, 0.3) is 0 Å². The fourth-order valence-electron chi connectivity index (χ4n) is 4.99. The fourth-order valence-corrected chi connectivity index (χ4v) is 4.99. The molecule has 1 aromatic carbocycles. The molecule has 3 N–H and O–H groups in total. The van der Waals surface area contributed by atoms with Crippen LogP contribution in [0.25, 0.3) is 0 Å². The van der Waals surface area contributed by atoms with Gasteiger partial charge < -0.3 is 11.1 Å². The Morgan fingerprint density at radius 2 is 2.00 bits per heavy atom. The fraction of sp³-hybridized carbons (Fsp3) is 0.542. The molecule has 0 radical (unpaired) electrons. The highest BCUT2D eigenvalue weighted by atomic mass is 15.2. The number of aryl methyl sites for hydroxylation is 1. The number of benzene rings is 1. The summed E-state index contributed by atoms with van der Waals surface area (Å²) >= 11 is 0. The third-order valence-corrected chi connectivity index (χ3v) is 6.45. The van der Waals surface area contributed by atoms with E-state index in [1.807, 2.05) is 6.20 Å². The number of nitrogens with two attached hydrogens (primary N) is 1. The second kappa shape index (κ2) is 9.64. The minimum Gasteiger partial charge on any atom is -0.330 e. The zero-order chi connectivity index (χ0) is 19.2. The number of aromatic nitrogens is 1. The quantitative estimate of drug-likeness (QED) is 0.689. The van der Waals surface area contributed by atoms with Gasteiger partial charge in [0, 0.05) is 25.3 Å². The summed E-state index contributed by atoms with van der Waals surface area (Å²) in [4.78, 5) is 7.50. The Hall–Kier alpha value is -1.75. The first-order valence-electron chi connectivity index (χ1n) is 11.0. The van der Waals surface area contributed by atoms with Crippen LogP contribution in [0.4, 0.5) is 0 Å². The molecule has 150 valence electrons. The zero-order valence-corrected chi connectivity index (χ0v) is 16.9. The summed E-state index contributed by atoms with van der Waals surface area (Å²) in [6.07, 6.45) is 9.12. The van der Waals surface area contributed by atoms with Crippen molar-refractivity contribution in [1.29, 1.82) is 0 Å². The smallest absolute Gasteiger partial charge is 0.0607 e. The van der Waals surface area contributed by atoms with Crippen molar-refractivity contribution < 1.29 is 0 Å². The number of unbranched alkanes of at least 4 members (excludes halogenated alkanes) is 1. The molecule has 1 saturated heterocycles. The van der Waals surface area contributed by atoms with E-state index in [0.29, 0.717) is 18.0 Å². The minimum absolute atomic E-state index is 0.459. The summed E-state index contributed by atoms with van der Waals surface area (Å²) < 4.78 is 0. The lowest BCUT2D eigenvalue weighted by molar-refractivity contribution is 0.157. The Kier molecular flexibility index (Phi) is 6.73. The Morgan fingerprint density at radius 3 is 2.86 bits per heavy atom. The molecule has 0 amide bonds. The molecular weight excluding hydrogens is 344 g/mol. The summed E-state index contributed by atoms with van der Waals surface area (Å²) in [5.74, 6) is 0.633. The van der Waals surface area contributed by atoms with Crippen molar-refractivity contribution in [3.63, 3.8) is 0 Å².